The van der Waals surface area contributed by atoms with Gasteiger partial charge in [-0.15, -0.1) is 5.10 Å². The molecule has 0 saturated heterocycles. The van der Waals surface area contributed by atoms with Gasteiger partial charge in [-0.25, -0.2) is 18.2 Å². The molecule has 1 amide bonds. The zero-order valence-electron chi connectivity index (χ0n) is 13.3. The summed E-state index contributed by atoms with van der Waals surface area (Å²) in [5.41, 5.74) is 1.18. The predicted molar refractivity (Wildman–Crippen MR) is 91.1 cm³/mol. The van der Waals surface area contributed by atoms with E-state index in [1.165, 1.54) is 35.3 Å². The molecule has 134 valence electrons. The minimum Gasteiger partial charge on any atom is -0.484 e. The van der Waals surface area contributed by atoms with E-state index in [0.29, 0.717) is 11.4 Å². The van der Waals surface area contributed by atoms with E-state index in [2.05, 4.69) is 20.8 Å². The molecule has 3 aromatic rings. The van der Waals surface area contributed by atoms with Crippen LogP contribution >= 0.6 is 0 Å². The van der Waals surface area contributed by atoms with Gasteiger partial charge in [0.2, 0.25) is 10.0 Å². The number of rotatable bonds is 6. The Morgan fingerprint density at radius 3 is 2.38 bits per heavy atom. The number of anilines is 1. The van der Waals surface area contributed by atoms with Crippen LogP contribution in [0.15, 0.2) is 59.8 Å². The maximum atomic E-state index is 11.9. The minimum atomic E-state index is -3.77. The van der Waals surface area contributed by atoms with Crippen molar-refractivity contribution < 1.29 is 17.9 Å². The zero-order valence-corrected chi connectivity index (χ0v) is 14.1. The van der Waals surface area contributed by atoms with Gasteiger partial charge in [-0.1, -0.05) is 0 Å². The number of benzene rings is 2. The first-order valence-electron chi connectivity index (χ1n) is 7.31. The number of tetrazole rings is 1. The van der Waals surface area contributed by atoms with Gasteiger partial charge in [0, 0.05) is 5.69 Å². The Morgan fingerprint density at radius 1 is 1.12 bits per heavy atom. The van der Waals surface area contributed by atoms with E-state index in [0.717, 1.165) is 5.69 Å². The first kappa shape index (κ1) is 17.5. The Balaban J connectivity index is 1.54. The first-order valence-corrected chi connectivity index (χ1v) is 8.85. The lowest BCUT2D eigenvalue weighted by Crippen LogP contribution is -2.20. The summed E-state index contributed by atoms with van der Waals surface area (Å²) < 4.78 is 29.3. The van der Waals surface area contributed by atoms with Gasteiger partial charge in [0.15, 0.2) is 6.61 Å². The summed E-state index contributed by atoms with van der Waals surface area (Å²) in [6.45, 7) is -0.207. The summed E-state index contributed by atoms with van der Waals surface area (Å²) in [6, 6.07) is 12.4. The smallest absolute Gasteiger partial charge is 0.262 e. The highest BCUT2D eigenvalue weighted by atomic mass is 32.2. The maximum absolute atomic E-state index is 11.9. The van der Waals surface area contributed by atoms with E-state index in [-0.39, 0.29) is 11.5 Å². The van der Waals surface area contributed by atoms with Crippen LogP contribution in [0.2, 0.25) is 0 Å². The van der Waals surface area contributed by atoms with Gasteiger partial charge in [-0.05, 0) is 59.0 Å². The van der Waals surface area contributed by atoms with Crippen molar-refractivity contribution in [3.05, 3.63) is 54.9 Å². The summed E-state index contributed by atoms with van der Waals surface area (Å²) in [4.78, 5) is 11.9. The SMILES string of the molecule is NS(=O)(=O)c1ccc(NC(=O)COc2ccc(-n3cnnn3)cc2)cc1. The fourth-order valence-electron chi connectivity index (χ4n) is 2.05. The normalized spacial score (nSPS) is 11.1. The molecule has 0 aliphatic carbocycles. The van der Waals surface area contributed by atoms with Crippen LogP contribution in [0.25, 0.3) is 5.69 Å². The molecule has 0 fully saturated rings. The average Bonchev–Trinajstić information content (AvgIpc) is 3.15. The number of carbonyl (C=O) groups excluding carboxylic acids is 1. The average molecular weight is 374 g/mol. The number of aromatic nitrogens is 4. The molecule has 11 heteroatoms. The third kappa shape index (κ3) is 4.40. The highest BCUT2D eigenvalue weighted by molar-refractivity contribution is 7.89. The highest BCUT2D eigenvalue weighted by Gasteiger charge is 2.08. The van der Waals surface area contributed by atoms with Crippen molar-refractivity contribution in [3.63, 3.8) is 0 Å². The second kappa shape index (κ2) is 7.29. The minimum absolute atomic E-state index is 0.0329. The molecule has 0 radical (unpaired) electrons. The zero-order chi connectivity index (χ0) is 18.6. The van der Waals surface area contributed by atoms with Gasteiger partial charge in [0.25, 0.3) is 5.91 Å². The first-order chi connectivity index (χ1) is 12.4. The number of carbonyl (C=O) groups is 1. The molecule has 0 atom stereocenters. The molecular weight excluding hydrogens is 360 g/mol. The van der Waals surface area contributed by atoms with Crippen LogP contribution in [0.1, 0.15) is 0 Å². The number of nitrogens with zero attached hydrogens (tertiary/aromatic N) is 4. The topological polar surface area (TPSA) is 142 Å². The van der Waals surface area contributed by atoms with Crippen molar-refractivity contribution in [2.24, 2.45) is 5.14 Å². The fourth-order valence-corrected chi connectivity index (χ4v) is 2.56. The molecule has 10 nitrogen and oxygen atoms in total. The van der Waals surface area contributed by atoms with Gasteiger partial charge in [0.05, 0.1) is 10.6 Å². The lowest BCUT2D eigenvalue weighted by atomic mass is 10.3. The lowest BCUT2D eigenvalue weighted by molar-refractivity contribution is -0.118. The Morgan fingerprint density at radius 2 is 1.81 bits per heavy atom. The number of nitrogens with one attached hydrogen (secondary N) is 1. The number of sulfonamides is 1. The molecule has 26 heavy (non-hydrogen) atoms. The highest BCUT2D eigenvalue weighted by Crippen LogP contribution is 2.15. The van der Waals surface area contributed by atoms with Crippen LogP contribution in [0.3, 0.4) is 0 Å². The summed E-state index contributed by atoms with van der Waals surface area (Å²) >= 11 is 0. The number of amides is 1. The standard InChI is InChI=1S/C15H14N6O4S/c16-26(23,24)14-7-1-11(2-8-14)18-15(22)9-25-13-5-3-12(4-6-13)21-10-17-19-20-21/h1-8,10H,9H2,(H,18,22)(H2,16,23,24). The molecule has 0 aliphatic rings. The van der Waals surface area contributed by atoms with Crippen LogP contribution in [-0.4, -0.2) is 41.1 Å². The molecule has 3 rings (SSSR count). The van der Waals surface area contributed by atoms with Crippen molar-refractivity contribution >= 4 is 21.6 Å². The molecule has 3 N–H and O–H groups in total. The Kier molecular flexibility index (Phi) is 4.91. The molecule has 0 saturated carbocycles. The summed E-state index contributed by atoms with van der Waals surface area (Å²) in [6.07, 6.45) is 1.46. The molecule has 0 aliphatic heterocycles. The van der Waals surface area contributed by atoms with Gasteiger partial charge < -0.3 is 10.1 Å². The van der Waals surface area contributed by atoms with Crippen LogP contribution in [0.5, 0.6) is 5.75 Å². The maximum Gasteiger partial charge on any atom is 0.262 e. The largest absolute Gasteiger partial charge is 0.484 e. The number of nitrogens with two attached hydrogens (primary N) is 1. The van der Waals surface area contributed by atoms with E-state index in [9.17, 15) is 13.2 Å². The van der Waals surface area contributed by atoms with Crippen LogP contribution in [-0.2, 0) is 14.8 Å². The monoisotopic (exact) mass is 374 g/mol. The van der Waals surface area contributed by atoms with E-state index >= 15 is 0 Å². The number of hydrogen-bond acceptors (Lipinski definition) is 7. The van der Waals surface area contributed by atoms with E-state index in [1.807, 2.05) is 0 Å². The van der Waals surface area contributed by atoms with Crippen LogP contribution < -0.4 is 15.2 Å². The van der Waals surface area contributed by atoms with Crippen LogP contribution in [0.4, 0.5) is 5.69 Å². The van der Waals surface area contributed by atoms with E-state index < -0.39 is 15.9 Å². The second-order valence-corrected chi connectivity index (χ2v) is 6.72. The van der Waals surface area contributed by atoms with Gasteiger partial charge >= 0.3 is 0 Å². The summed E-state index contributed by atoms with van der Waals surface area (Å²) in [5, 5.41) is 18.5. The molecule has 1 aromatic heterocycles. The Labute approximate surface area is 148 Å². The predicted octanol–water partition coefficient (Wildman–Crippen LogP) is 0.327. The van der Waals surface area contributed by atoms with E-state index in [4.69, 9.17) is 9.88 Å². The van der Waals surface area contributed by atoms with Crippen molar-refractivity contribution in [3.8, 4) is 11.4 Å². The van der Waals surface area contributed by atoms with Crippen molar-refractivity contribution in [1.82, 2.24) is 20.2 Å². The molecular formula is C15H14N6O4S. The number of primary sulfonamides is 1. The molecule has 2 aromatic carbocycles. The van der Waals surface area contributed by atoms with Gasteiger partial charge in [-0.2, -0.15) is 0 Å². The Bertz CT molecular complexity index is 986. The number of ether oxygens (including phenoxy) is 1. The molecule has 1 heterocycles. The number of hydrogen-bond donors (Lipinski definition) is 2. The van der Waals surface area contributed by atoms with Crippen molar-refractivity contribution in [2.75, 3.05) is 11.9 Å². The molecule has 0 unspecified atom stereocenters. The van der Waals surface area contributed by atoms with Crippen molar-refractivity contribution in [1.29, 1.82) is 0 Å². The molecule has 0 spiro atoms. The third-order valence-corrected chi connectivity index (χ3v) is 4.22. The Hall–Kier alpha value is -3.31. The second-order valence-electron chi connectivity index (χ2n) is 5.15. The third-order valence-electron chi connectivity index (χ3n) is 3.29. The van der Waals surface area contributed by atoms with E-state index in [1.54, 1.807) is 24.3 Å². The van der Waals surface area contributed by atoms with Gasteiger partial charge in [-0.3, -0.25) is 4.79 Å². The van der Waals surface area contributed by atoms with Crippen molar-refractivity contribution in [2.45, 2.75) is 4.90 Å². The van der Waals surface area contributed by atoms with Crippen LogP contribution in [0, 0.1) is 0 Å². The van der Waals surface area contributed by atoms with Gasteiger partial charge in [0.1, 0.15) is 12.1 Å². The fraction of sp³-hybridized carbons (Fsp3) is 0.0667. The summed E-state index contributed by atoms with van der Waals surface area (Å²) in [5.74, 6) is 0.111. The quantitative estimate of drug-likeness (QED) is 0.633. The lowest BCUT2D eigenvalue weighted by Gasteiger charge is -2.08. The summed E-state index contributed by atoms with van der Waals surface area (Å²) in [7, 11) is -3.77. The molecule has 0 bridgehead atoms.